The van der Waals surface area contributed by atoms with Gasteiger partial charge in [-0.15, -0.1) is 0 Å². The molecule has 0 unspecified atom stereocenters. The van der Waals surface area contributed by atoms with E-state index in [4.69, 9.17) is 28.9 Å². The molecule has 0 fully saturated rings. The lowest BCUT2D eigenvalue weighted by Crippen LogP contribution is -2.35. The maximum absolute atomic E-state index is 10.1. The minimum Gasteiger partial charge on any atom is -0.388 e. The van der Waals surface area contributed by atoms with Crippen molar-refractivity contribution >= 4 is 34.8 Å². The number of nitrogens with one attached hydrogen (secondary N) is 1. The van der Waals surface area contributed by atoms with E-state index in [-0.39, 0.29) is 5.82 Å². The second-order valence-corrected chi connectivity index (χ2v) is 4.79. The van der Waals surface area contributed by atoms with Crippen LogP contribution < -0.4 is 11.1 Å². The molecule has 0 radical (unpaired) electrons. The normalized spacial score (nSPS) is 11.6. The van der Waals surface area contributed by atoms with Crippen LogP contribution in [0, 0.1) is 0 Å². The second kappa shape index (κ2) is 5.76. The predicted molar refractivity (Wildman–Crippen MR) is 72.7 cm³/mol. The van der Waals surface area contributed by atoms with Gasteiger partial charge in [-0.25, -0.2) is 4.98 Å². The minimum atomic E-state index is -0.764. The van der Waals surface area contributed by atoms with Crippen LogP contribution >= 0.6 is 23.2 Å². The third kappa shape index (κ3) is 3.63. The van der Waals surface area contributed by atoms with Crippen LogP contribution in [-0.2, 0) is 0 Å². The lowest BCUT2D eigenvalue weighted by molar-refractivity contribution is 0.0456. The van der Waals surface area contributed by atoms with Crippen LogP contribution in [-0.4, -0.2) is 22.2 Å². The Balaban J connectivity index is 2.79. The van der Waals surface area contributed by atoms with Crippen LogP contribution in [0.4, 0.5) is 11.6 Å². The summed E-state index contributed by atoms with van der Waals surface area (Å²) < 4.78 is 0. The number of aromatic nitrogens is 1. The zero-order valence-corrected chi connectivity index (χ0v) is 11.4. The summed E-state index contributed by atoms with van der Waals surface area (Å²) in [5.41, 5.74) is 4.83. The van der Waals surface area contributed by atoms with Crippen molar-refractivity contribution in [2.24, 2.45) is 0 Å². The Morgan fingerprint density at radius 2 is 1.94 bits per heavy atom. The molecule has 1 aromatic heterocycles. The number of aliphatic hydroxyl groups is 1. The molecule has 0 bridgehead atoms. The van der Waals surface area contributed by atoms with Crippen molar-refractivity contribution in [3.05, 3.63) is 16.1 Å². The maximum Gasteiger partial charge on any atom is 0.147 e. The average Bonchev–Trinajstić information content (AvgIpc) is 2.32. The highest BCUT2D eigenvalue weighted by molar-refractivity contribution is 6.37. The molecule has 6 heteroatoms. The van der Waals surface area contributed by atoms with Gasteiger partial charge in [0.1, 0.15) is 11.6 Å². The highest BCUT2D eigenvalue weighted by Crippen LogP contribution is 2.28. The van der Waals surface area contributed by atoms with E-state index >= 15 is 0 Å². The second-order valence-electron chi connectivity index (χ2n) is 3.97. The van der Waals surface area contributed by atoms with Gasteiger partial charge >= 0.3 is 0 Å². The van der Waals surface area contributed by atoms with E-state index in [9.17, 15) is 5.11 Å². The lowest BCUT2D eigenvalue weighted by Gasteiger charge is -2.25. The monoisotopic (exact) mass is 277 g/mol. The van der Waals surface area contributed by atoms with Gasteiger partial charge in [-0.2, -0.15) is 0 Å². The Labute approximate surface area is 111 Å². The Bertz CT molecular complexity index is 395. The fourth-order valence-electron chi connectivity index (χ4n) is 1.35. The predicted octanol–water partition coefficient (Wildman–Crippen LogP) is 2.93. The summed E-state index contributed by atoms with van der Waals surface area (Å²) in [6, 6.07) is 1.53. The van der Waals surface area contributed by atoms with E-state index in [2.05, 4.69) is 10.3 Å². The van der Waals surface area contributed by atoms with Crippen molar-refractivity contribution in [3.8, 4) is 0 Å². The molecule has 0 saturated carbocycles. The lowest BCUT2D eigenvalue weighted by atomic mass is 9.98. The molecule has 0 spiro atoms. The molecule has 96 valence electrons. The fourth-order valence-corrected chi connectivity index (χ4v) is 1.78. The number of hydrogen-bond acceptors (Lipinski definition) is 4. The average molecular weight is 278 g/mol. The van der Waals surface area contributed by atoms with Crippen LogP contribution in [0.5, 0.6) is 0 Å². The molecule has 1 rings (SSSR count). The molecule has 0 amide bonds. The Hall–Kier alpha value is -0.710. The molecule has 4 N–H and O–H groups in total. The van der Waals surface area contributed by atoms with E-state index in [1.165, 1.54) is 6.07 Å². The summed E-state index contributed by atoms with van der Waals surface area (Å²) in [5, 5.41) is 13.8. The van der Waals surface area contributed by atoms with Crippen LogP contribution in [0.25, 0.3) is 0 Å². The Morgan fingerprint density at radius 1 is 1.35 bits per heavy atom. The number of nitrogen functional groups attached to an aromatic ring is 1. The number of nitrogens with zero attached hydrogens (tertiary/aromatic N) is 1. The first-order valence-electron chi connectivity index (χ1n) is 5.49. The minimum absolute atomic E-state index is 0.218. The van der Waals surface area contributed by atoms with Gasteiger partial charge in [0.15, 0.2) is 0 Å². The molecular weight excluding hydrogens is 261 g/mol. The number of rotatable bonds is 5. The van der Waals surface area contributed by atoms with Crippen LogP contribution in [0.1, 0.15) is 26.7 Å². The van der Waals surface area contributed by atoms with Crippen LogP contribution in [0.2, 0.25) is 10.0 Å². The molecule has 0 saturated heterocycles. The van der Waals surface area contributed by atoms with Gasteiger partial charge in [-0.05, 0) is 18.9 Å². The number of anilines is 2. The summed E-state index contributed by atoms with van der Waals surface area (Å²) in [5.74, 6) is 0.656. The molecule has 0 atom stereocenters. The highest BCUT2D eigenvalue weighted by Gasteiger charge is 2.22. The third-order valence-electron chi connectivity index (χ3n) is 2.86. The SMILES string of the molecule is CCC(O)(CC)CNc1nc(N)c(Cl)cc1Cl. The summed E-state index contributed by atoms with van der Waals surface area (Å²) in [6.07, 6.45) is 1.30. The van der Waals surface area contributed by atoms with Crippen molar-refractivity contribution in [2.45, 2.75) is 32.3 Å². The fraction of sp³-hybridized carbons (Fsp3) is 0.545. The molecule has 1 aromatic rings. The van der Waals surface area contributed by atoms with Gasteiger partial charge in [0.25, 0.3) is 0 Å². The zero-order valence-electron chi connectivity index (χ0n) is 9.93. The Morgan fingerprint density at radius 3 is 2.47 bits per heavy atom. The van der Waals surface area contributed by atoms with E-state index in [1.54, 1.807) is 0 Å². The smallest absolute Gasteiger partial charge is 0.147 e. The summed E-state index contributed by atoms with van der Waals surface area (Å²) >= 11 is 11.8. The molecule has 1 heterocycles. The molecule has 0 aliphatic carbocycles. The quantitative estimate of drug-likeness (QED) is 0.774. The van der Waals surface area contributed by atoms with Crippen molar-refractivity contribution in [3.63, 3.8) is 0 Å². The first-order valence-corrected chi connectivity index (χ1v) is 6.25. The third-order valence-corrected chi connectivity index (χ3v) is 3.45. The highest BCUT2D eigenvalue weighted by atomic mass is 35.5. The number of hydrogen-bond donors (Lipinski definition) is 3. The van der Waals surface area contributed by atoms with Gasteiger partial charge < -0.3 is 16.2 Å². The molecule has 0 aliphatic rings. The van der Waals surface area contributed by atoms with Gasteiger partial charge in [0.05, 0.1) is 15.6 Å². The summed E-state index contributed by atoms with van der Waals surface area (Å²) in [4.78, 5) is 4.04. The van der Waals surface area contributed by atoms with Gasteiger partial charge in [0, 0.05) is 6.54 Å². The molecule has 17 heavy (non-hydrogen) atoms. The molecular formula is C11H17Cl2N3O. The van der Waals surface area contributed by atoms with Crippen molar-refractivity contribution < 1.29 is 5.11 Å². The number of pyridine rings is 1. The first-order chi connectivity index (χ1) is 7.91. The van der Waals surface area contributed by atoms with Gasteiger partial charge in [-0.1, -0.05) is 37.0 Å². The summed E-state index contributed by atoms with van der Waals surface area (Å²) in [7, 11) is 0. The van der Waals surface area contributed by atoms with Crippen molar-refractivity contribution in [1.29, 1.82) is 0 Å². The molecule has 0 aromatic carbocycles. The molecule has 4 nitrogen and oxygen atoms in total. The molecule has 0 aliphatic heterocycles. The van der Waals surface area contributed by atoms with Crippen LogP contribution in [0.15, 0.2) is 6.07 Å². The van der Waals surface area contributed by atoms with Crippen molar-refractivity contribution in [1.82, 2.24) is 4.98 Å². The van der Waals surface area contributed by atoms with Gasteiger partial charge in [0.2, 0.25) is 0 Å². The van der Waals surface area contributed by atoms with E-state index in [0.29, 0.717) is 35.2 Å². The topological polar surface area (TPSA) is 71.2 Å². The summed E-state index contributed by atoms with van der Waals surface area (Å²) in [6.45, 7) is 4.22. The number of halogens is 2. The van der Waals surface area contributed by atoms with E-state index in [0.717, 1.165) is 0 Å². The van der Waals surface area contributed by atoms with E-state index < -0.39 is 5.60 Å². The Kier molecular flexibility index (Phi) is 4.86. The van der Waals surface area contributed by atoms with E-state index in [1.807, 2.05) is 13.8 Å². The first kappa shape index (κ1) is 14.4. The number of nitrogens with two attached hydrogens (primary N) is 1. The zero-order chi connectivity index (χ0) is 13.1. The largest absolute Gasteiger partial charge is 0.388 e. The van der Waals surface area contributed by atoms with Gasteiger partial charge in [-0.3, -0.25) is 0 Å². The standard InChI is InChI=1S/C11H17Cl2N3O/c1-3-11(17,4-2)6-15-10-8(13)5-7(12)9(14)16-10/h5,17H,3-4,6H2,1-2H3,(H3,14,15,16). The van der Waals surface area contributed by atoms with Crippen LogP contribution in [0.3, 0.4) is 0 Å². The van der Waals surface area contributed by atoms with Crippen molar-refractivity contribution in [2.75, 3.05) is 17.6 Å². The maximum atomic E-state index is 10.1.